The van der Waals surface area contributed by atoms with Crippen LogP contribution in [0.2, 0.25) is 0 Å². The predicted molar refractivity (Wildman–Crippen MR) is 57.3 cm³/mol. The zero-order valence-corrected chi connectivity index (χ0v) is 9.41. The summed E-state index contributed by atoms with van der Waals surface area (Å²) in [5.41, 5.74) is 0. The highest BCUT2D eigenvalue weighted by Crippen LogP contribution is 2.19. The minimum atomic E-state index is 0.227. The second kappa shape index (κ2) is 6.38. The maximum atomic E-state index is 9.16. The van der Waals surface area contributed by atoms with E-state index in [-0.39, 0.29) is 12.7 Å². The highest BCUT2D eigenvalue weighted by Gasteiger charge is 2.27. The second-order valence-corrected chi connectivity index (χ2v) is 4.16. The maximum absolute atomic E-state index is 9.16. The van der Waals surface area contributed by atoms with Crippen molar-refractivity contribution in [1.29, 1.82) is 0 Å². The van der Waals surface area contributed by atoms with Gasteiger partial charge in [-0.05, 0) is 25.9 Å². The van der Waals surface area contributed by atoms with Gasteiger partial charge in [0.05, 0.1) is 6.10 Å². The van der Waals surface area contributed by atoms with Gasteiger partial charge in [0.15, 0.2) is 0 Å². The number of unbranched alkanes of at least 4 members (excludes halogenated alkanes) is 1. The summed E-state index contributed by atoms with van der Waals surface area (Å²) in [4.78, 5) is 2.45. The molecule has 0 aromatic heterocycles. The van der Waals surface area contributed by atoms with E-state index in [9.17, 15) is 0 Å². The Hall–Kier alpha value is -0.120. The average Bonchev–Trinajstić information content (AvgIpc) is 2.25. The van der Waals surface area contributed by atoms with Crippen LogP contribution >= 0.6 is 0 Å². The molecule has 1 aliphatic heterocycles. The molecule has 14 heavy (non-hydrogen) atoms. The monoisotopic (exact) mass is 201 g/mol. The molecule has 1 heterocycles. The van der Waals surface area contributed by atoms with Crippen LogP contribution < -0.4 is 0 Å². The van der Waals surface area contributed by atoms with E-state index in [0.29, 0.717) is 5.92 Å². The van der Waals surface area contributed by atoms with Crippen molar-refractivity contribution in [2.24, 2.45) is 5.92 Å². The maximum Gasteiger partial charge on any atom is 0.0748 e. The summed E-state index contributed by atoms with van der Waals surface area (Å²) in [5.74, 6) is 0.345. The van der Waals surface area contributed by atoms with Gasteiger partial charge in [0.2, 0.25) is 0 Å². The fourth-order valence-corrected chi connectivity index (χ4v) is 2.09. The van der Waals surface area contributed by atoms with Crippen LogP contribution in [-0.4, -0.2) is 49.5 Å². The van der Waals surface area contributed by atoms with Crippen molar-refractivity contribution in [3.63, 3.8) is 0 Å². The number of ether oxygens (including phenoxy) is 1. The van der Waals surface area contributed by atoms with Crippen LogP contribution in [0.1, 0.15) is 26.2 Å². The zero-order chi connectivity index (χ0) is 10.4. The summed E-state index contributed by atoms with van der Waals surface area (Å²) >= 11 is 0. The van der Waals surface area contributed by atoms with Gasteiger partial charge in [-0.2, -0.15) is 0 Å². The average molecular weight is 201 g/mol. The predicted octanol–water partition coefficient (Wildman–Crippen LogP) is 1.12. The third kappa shape index (κ3) is 3.23. The molecule has 0 radical (unpaired) electrons. The lowest BCUT2D eigenvalue weighted by atomic mass is 9.94. The number of likely N-dealkylation sites (tertiary alicyclic amines) is 1. The molecule has 1 aliphatic rings. The fraction of sp³-hybridized carbons (Fsp3) is 1.00. The van der Waals surface area contributed by atoms with E-state index < -0.39 is 0 Å². The zero-order valence-electron chi connectivity index (χ0n) is 9.41. The molecule has 1 rings (SSSR count). The molecule has 0 bridgehead atoms. The van der Waals surface area contributed by atoms with Crippen LogP contribution in [0.3, 0.4) is 0 Å². The molecule has 1 fully saturated rings. The van der Waals surface area contributed by atoms with Gasteiger partial charge in [0.1, 0.15) is 0 Å². The first-order chi connectivity index (χ1) is 6.81. The van der Waals surface area contributed by atoms with Gasteiger partial charge < -0.3 is 14.7 Å². The van der Waals surface area contributed by atoms with Crippen molar-refractivity contribution in [2.75, 3.05) is 33.4 Å². The van der Waals surface area contributed by atoms with E-state index in [1.54, 1.807) is 7.11 Å². The van der Waals surface area contributed by atoms with Crippen molar-refractivity contribution >= 4 is 0 Å². The van der Waals surface area contributed by atoms with Gasteiger partial charge >= 0.3 is 0 Å². The van der Waals surface area contributed by atoms with Crippen LogP contribution in [0.15, 0.2) is 0 Å². The Morgan fingerprint density at radius 2 is 2.29 bits per heavy atom. The third-order valence-electron chi connectivity index (χ3n) is 3.15. The molecule has 0 unspecified atom stereocenters. The van der Waals surface area contributed by atoms with Gasteiger partial charge in [0.25, 0.3) is 0 Å². The van der Waals surface area contributed by atoms with Gasteiger partial charge in [-0.25, -0.2) is 0 Å². The number of aliphatic hydroxyl groups excluding tert-OH is 1. The molecule has 0 amide bonds. The summed E-state index contributed by atoms with van der Waals surface area (Å²) in [5, 5.41) is 9.16. The largest absolute Gasteiger partial charge is 0.396 e. The molecule has 3 heteroatoms. The first-order valence-corrected chi connectivity index (χ1v) is 5.67. The highest BCUT2D eigenvalue weighted by molar-refractivity contribution is 4.80. The molecular formula is C11H23NO2. The molecule has 3 nitrogen and oxygen atoms in total. The van der Waals surface area contributed by atoms with Gasteiger partial charge in [-0.3, -0.25) is 0 Å². The van der Waals surface area contributed by atoms with Crippen molar-refractivity contribution < 1.29 is 9.84 Å². The minimum absolute atomic E-state index is 0.227. The lowest BCUT2D eigenvalue weighted by Gasteiger charge is -2.36. The topological polar surface area (TPSA) is 32.7 Å². The highest BCUT2D eigenvalue weighted by atomic mass is 16.5. The summed E-state index contributed by atoms with van der Waals surface area (Å²) in [6.07, 6.45) is 3.81. The van der Waals surface area contributed by atoms with Gasteiger partial charge in [0, 0.05) is 26.2 Å². The summed E-state index contributed by atoms with van der Waals surface area (Å²) < 4.78 is 5.40. The minimum Gasteiger partial charge on any atom is -0.396 e. The Balaban J connectivity index is 2.32. The van der Waals surface area contributed by atoms with Gasteiger partial charge in [-0.15, -0.1) is 0 Å². The molecule has 0 saturated carbocycles. The Bertz CT molecular complexity index is 152. The first kappa shape index (κ1) is 12.0. The number of rotatable bonds is 5. The van der Waals surface area contributed by atoms with E-state index in [2.05, 4.69) is 11.8 Å². The van der Waals surface area contributed by atoms with Crippen LogP contribution in [0, 0.1) is 5.92 Å². The SMILES string of the molecule is CCCCN1CC[C@@H](CO)[C@@H](OC)C1. The number of hydrogen-bond donors (Lipinski definition) is 1. The molecule has 0 aliphatic carbocycles. The van der Waals surface area contributed by atoms with Crippen LogP contribution in [0.5, 0.6) is 0 Å². The van der Waals surface area contributed by atoms with Crippen molar-refractivity contribution in [2.45, 2.75) is 32.3 Å². The van der Waals surface area contributed by atoms with Crippen LogP contribution in [0.4, 0.5) is 0 Å². The van der Waals surface area contributed by atoms with E-state index >= 15 is 0 Å². The Labute approximate surface area is 87.1 Å². The standard InChI is InChI=1S/C11H23NO2/c1-3-4-6-12-7-5-10(9-13)11(8-12)14-2/h10-11,13H,3-9H2,1-2H3/t10-,11-/m0/s1. The smallest absolute Gasteiger partial charge is 0.0748 e. The van der Waals surface area contributed by atoms with E-state index in [1.165, 1.54) is 19.4 Å². The molecule has 2 atom stereocenters. The van der Waals surface area contributed by atoms with Crippen molar-refractivity contribution in [1.82, 2.24) is 4.90 Å². The van der Waals surface area contributed by atoms with E-state index in [1.807, 2.05) is 0 Å². The van der Waals surface area contributed by atoms with Crippen molar-refractivity contribution in [3.05, 3.63) is 0 Å². The Morgan fingerprint density at radius 3 is 2.86 bits per heavy atom. The molecular weight excluding hydrogens is 178 g/mol. The Morgan fingerprint density at radius 1 is 1.50 bits per heavy atom. The number of piperidine rings is 1. The number of methoxy groups -OCH3 is 1. The third-order valence-corrected chi connectivity index (χ3v) is 3.15. The lowest BCUT2D eigenvalue weighted by molar-refractivity contribution is -0.0298. The number of aliphatic hydroxyl groups is 1. The molecule has 84 valence electrons. The first-order valence-electron chi connectivity index (χ1n) is 5.67. The number of nitrogens with zero attached hydrogens (tertiary/aromatic N) is 1. The fourth-order valence-electron chi connectivity index (χ4n) is 2.09. The van der Waals surface area contributed by atoms with Crippen LogP contribution in [0.25, 0.3) is 0 Å². The van der Waals surface area contributed by atoms with E-state index in [0.717, 1.165) is 19.5 Å². The molecule has 0 spiro atoms. The summed E-state index contributed by atoms with van der Waals surface area (Å²) in [7, 11) is 1.75. The Kier molecular flexibility index (Phi) is 5.45. The molecule has 1 N–H and O–H groups in total. The van der Waals surface area contributed by atoms with Crippen molar-refractivity contribution in [3.8, 4) is 0 Å². The number of hydrogen-bond acceptors (Lipinski definition) is 3. The lowest BCUT2D eigenvalue weighted by Crippen LogP contribution is -2.46. The normalized spacial score (nSPS) is 29.4. The quantitative estimate of drug-likeness (QED) is 0.723. The molecule has 0 aromatic rings. The van der Waals surface area contributed by atoms with Crippen LogP contribution in [-0.2, 0) is 4.74 Å². The van der Waals surface area contributed by atoms with E-state index in [4.69, 9.17) is 9.84 Å². The molecule has 0 aromatic carbocycles. The summed E-state index contributed by atoms with van der Waals surface area (Å²) in [6, 6.07) is 0. The second-order valence-electron chi connectivity index (χ2n) is 4.16. The van der Waals surface area contributed by atoms with Gasteiger partial charge in [-0.1, -0.05) is 13.3 Å². The molecule has 1 saturated heterocycles. The summed E-state index contributed by atoms with van der Waals surface area (Å²) in [6.45, 7) is 5.76.